The molecule has 1 N–H and O–H groups in total. The van der Waals surface area contributed by atoms with Crippen LogP contribution in [0, 0.1) is 5.92 Å². The summed E-state index contributed by atoms with van der Waals surface area (Å²) in [7, 11) is 0. The Labute approximate surface area is 149 Å². The Balaban J connectivity index is 1.68. The summed E-state index contributed by atoms with van der Waals surface area (Å²) in [5, 5.41) is 3.01. The van der Waals surface area contributed by atoms with Crippen LogP contribution in [0.2, 0.25) is 0 Å². The second-order valence-electron chi connectivity index (χ2n) is 6.73. The molecule has 0 spiro atoms. The summed E-state index contributed by atoms with van der Waals surface area (Å²) in [5.41, 5.74) is 0.728. The zero-order chi connectivity index (χ0) is 17.6. The van der Waals surface area contributed by atoms with E-state index in [1.54, 1.807) is 12.3 Å². The van der Waals surface area contributed by atoms with Crippen LogP contribution in [0.1, 0.15) is 33.1 Å². The topological polar surface area (TPSA) is 54.5 Å². The van der Waals surface area contributed by atoms with Crippen LogP contribution in [0.3, 0.4) is 0 Å². The molecule has 0 unspecified atom stereocenters. The van der Waals surface area contributed by atoms with Crippen LogP contribution in [0.25, 0.3) is 0 Å². The standard InChI is InChI=1S/C20H25N3O2/c1-15(2)18-10-4-6-13-23(18)20(24)22-16-8-7-9-17(14-16)25-19-11-3-5-12-21-19/h3,5,7-9,11-12,14-15,18H,4,6,10,13H2,1-2H3,(H,22,24)/t18-/m0/s1. The number of aromatic nitrogens is 1. The van der Waals surface area contributed by atoms with Crippen molar-refractivity contribution >= 4 is 11.7 Å². The lowest BCUT2D eigenvalue weighted by Gasteiger charge is -2.38. The second kappa shape index (κ2) is 8.01. The van der Waals surface area contributed by atoms with Crippen molar-refractivity contribution in [2.24, 2.45) is 5.92 Å². The SMILES string of the molecule is CC(C)[C@@H]1CCCCN1C(=O)Nc1cccc(Oc2ccccn2)c1. The van der Waals surface area contributed by atoms with Crippen LogP contribution in [0.5, 0.6) is 11.6 Å². The first-order valence-electron chi connectivity index (χ1n) is 8.90. The highest BCUT2D eigenvalue weighted by Gasteiger charge is 2.28. The van der Waals surface area contributed by atoms with Gasteiger partial charge < -0.3 is 15.0 Å². The molecule has 2 aromatic rings. The number of carbonyl (C=O) groups is 1. The van der Waals surface area contributed by atoms with Crippen molar-refractivity contribution in [2.45, 2.75) is 39.2 Å². The van der Waals surface area contributed by atoms with Gasteiger partial charge in [0.2, 0.25) is 5.88 Å². The number of nitrogens with zero attached hydrogens (tertiary/aromatic N) is 2. The van der Waals surface area contributed by atoms with E-state index in [0.717, 1.165) is 25.1 Å². The summed E-state index contributed by atoms with van der Waals surface area (Å²) < 4.78 is 5.73. The number of pyridine rings is 1. The van der Waals surface area contributed by atoms with Crippen molar-refractivity contribution in [1.29, 1.82) is 0 Å². The van der Waals surface area contributed by atoms with Gasteiger partial charge in [0.25, 0.3) is 0 Å². The Morgan fingerprint density at radius 2 is 2.12 bits per heavy atom. The lowest BCUT2D eigenvalue weighted by molar-refractivity contribution is 0.138. The maximum atomic E-state index is 12.7. The fourth-order valence-electron chi connectivity index (χ4n) is 3.26. The van der Waals surface area contributed by atoms with Gasteiger partial charge in [-0.25, -0.2) is 9.78 Å². The van der Waals surface area contributed by atoms with Crippen molar-refractivity contribution in [2.75, 3.05) is 11.9 Å². The number of nitrogens with one attached hydrogen (secondary N) is 1. The van der Waals surface area contributed by atoms with E-state index >= 15 is 0 Å². The predicted molar refractivity (Wildman–Crippen MR) is 99.0 cm³/mol. The Bertz CT molecular complexity index is 703. The number of hydrogen-bond acceptors (Lipinski definition) is 3. The van der Waals surface area contributed by atoms with Crippen molar-refractivity contribution in [3.8, 4) is 11.6 Å². The molecule has 1 aliphatic heterocycles. The van der Waals surface area contributed by atoms with Crippen LogP contribution < -0.4 is 10.1 Å². The minimum atomic E-state index is -0.0339. The molecule has 1 aromatic heterocycles. The zero-order valence-electron chi connectivity index (χ0n) is 14.8. The Hall–Kier alpha value is -2.56. The van der Waals surface area contributed by atoms with Gasteiger partial charge in [0, 0.05) is 36.6 Å². The average Bonchev–Trinajstić information content (AvgIpc) is 2.63. The highest BCUT2D eigenvalue weighted by molar-refractivity contribution is 5.89. The van der Waals surface area contributed by atoms with Crippen molar-refractivity contribution < 1.29 is 9.53 Å². The third kappa shape index (κ3) is 4.50. The summed E-state index contributed by atoms with van der Waals surface area (Å²) in [6.07, 6.45) is 5.02. The van der Waals surface area contributed by atoms with E-state index in [0.29, 0.717) is 23.6 Å². The van der Waals surface area contributed by atoms with Crippen LogP contribution in [-0.2, 0) is 0 Å². The van der Waals surface area contributed by atoms with Gasteiger partial charge in [-0.3, -0.25) is 0 Å². The summed E-state index contributed by atoms with van der Waals surface area (Å²) in [5.74, 6) is 1.64. The lowest BCUT2D eigenvalue weighted by atomic mass is 9.93. The maximum Gasteiger partial charge on any atom is 0.322 e. The fraction of sp³-hybridized carbons (Fsp3) is 0.400. The summed E-state index contributed by atoms with van der Waals surface area (Å²) in [4.78, 5) is 18.8. The number of benzene rings is 1. The molecule has 0 bridgehead atoms. The number of urea groups is 1. The smallest absolute Gasteiger partial charge is 0.322 e. The van der Waals surface area contributed by atoms with Gasteiger partial charge in [-0.1, -0.05) is 26.0 Å². The molecule has 2 amide bonds. The third-order valence-corrected chi connectivity index (χ3v) is 4.53. The summed E-state index contributed by atoms with van der Waals surface area (Å²) in [6.45, 7) is 5.17. The number of carbonyl (C=O) groups excluding carboxylic acids is 1. The van der Waals surface area contributed by atoms with E-state index < -0.39 is 0 Å². The highest BCUT2D eigenvalue weighted by atomic mass is 16.5. The Kier molecular flexibility index (Phi) is 5.53. The van der Waals surface area contributed by atoms with E-state index in [1.807, 2.05) is 41.3 Å². The molecule has 1 aliphatic rings. The zero-order valence-corrected chi connectivity index (χ0v) is 14.8. The number of ether oxygens (including phenoxy) is 1. The van der Waals surface area contributed by atoms with E-state index in [2.05, 4.69) is 24.1 Å². The normalized spacial score (nSPS) is 17.4. The Morgan fingerprint density at radius 1 is 1.24 bits per heavy atom. The number of rotatable bonds is 4. The Morgan fingerprint density at radius 3 is 2.88 bits per heavy atom. The summed E-state index contributed by atoms with van der Waals surface area (Å²) >= 11 is 0. The number of piperidine rings is 1. The fourth-order valence-corrected chi connectivity index (χ4v) is 3.26. The van der Waals surface area contributed by atoms with Gasteiger partial charge in [-0.2, -0.15) is 0 Å². The first-order valence-corrected chi connectivity index (χ1v) is 8.90. The number of hydrogen-bond donors (Lipinski definition) is 1. The number of anilines is 1. The molecule has 2 heterocycles. The molecule has 1 saturated heterocycles. The van der Waals surface area contributed by atoms with E-state index in [1.165, 1.54) is 6.42 Å². The first-order chi connectivity index (χ1) is 12.1. The molecule has 0 saturated carbocycles. The molecule has 1 aromatic carbocycles. The molecule has 25 heavy (non-hydrogen) atoms. The quantitative estimate of drug-likeness (QED) is 0.860. The van der Waals surface area contributed by atoms with E-state index in [9.17, 15) is 4.79 Å². The molecular formula is C20H25N3O2. The van der Waals surface area contributed by atoms with Crippen molar-refractivity contribution in [1.82, 2.24) is 9.88 Å². The summed E-state index contributed by atoms with van der Waals surface area (Å²) in [6, 6.07) is 13.2. The van der Waals surface area contributed by atoms with Crippen molar-refractivity contribution in [3.63, 3.8) is 0 Å². The first kappa shape index (κ1) is 17.3. The largest absolute Gasteiger partial charge is 0.439 e. The van der Waals surface area contributed by atoms with Crippen LogP contribution in [-0.4, -0.2) is 28.5 Å². The molecule has 1 fully saturated rings. The van der Waals surface area contributed by atoms with E-state index in [-0.39, 0.29) is 6.03 Å². The van der Waals surface area contributed by atoms with Gasteiger partial charge in [-0.05, 0) is 43.4 Å². The molecule has 5 heteroatoms. The maximum absolute atomic E-state index is 12.7. The van der Waals surface area contributed by atoms with Gasteiger partial charge in [-0.15, -0.1) is 0 Å². The van der Waals surface area contributed by atoms with Gasteiger partial charge in [0.05, 0.1) is 0 Å². The molecular weight excluding hydrogens is 314 g/mol. The number of amides is 2. The van der Waals surface area contributed by atoms with Gasteiger partial charge >= 0.3 is 6.03 Å². The highest BCUT2D eigenvalue weighted by Crippen LogP contribution is 2.26. The molecule has 132 valence electrons. The molecule has 1 atom stereocenters. The molecule has 3 rings (SSSR count). The predicted octanol–water partition coefficient (Wildman–Crippen LogP) is 4.92. The minimum absolute atomic E-state index is 0.0339. The van der Waals surface area contributed by atoms with Crippen LogP contribution in [0.15, 0.2) is 48.7 Å². The lowest BCUT2D eigenvalue weighted by Crippen LogP contribution is -2.48. The van der Waals surface area contributed by atoms with E-state index in [4.69, 9.17) is 4.74 Å². The molecule has 0 radical (unpaired) electrons. The van der Waals surface area contributed by atoms with Crippen LogP contribution >= 0.6 is 0 Å². The van der Waals surface area contributed by atoms with Gasteiger partial charge in [0.15, 0.2) is 0 Å². The second-order valence-corrected chi connectivity index (χ2v) is 6.73. The number of likely N-dealkylation sites (tertiary alicyclic amines) is 1. The van der Waals surface area contributed by atoms with Gasteiger partial charge in [0.1, 0.15) is 5.75 Å². The van der Waals surface area contributed by atoms with Crippen LogP contribution in [0.4, 0.5) is 10.5 Å². The van der Waals surface area contributed by atoms with Crippen molar-refractivity contribution in [3.05, 3.63) is 48.7 Å². The minimum Gasteiger partial charge on any atom is -0.439 e. The monoisotopic (exact) mass is 339 g/mol. The third-order valence-electron chi connectivity index (χ3n) is 4.53. The molecule has 0 aliphatic carbocycles. The average molecular weight is 339 g/mol. The molecule has 5 nitrogen and oxygen atoms in total.